The Morgan fingerprint density at radius 3 is 2.70 bits per heavy atom. The summed E-state index contributed by atoms with van der Waals surface area (Å²) in [5, 5.41) is 0. The summed E-state index contributed by atoms with van der Waals surface area (Å²) in [6.07, 6.45) is 5.96. The van der Waals surface area contributed by atoms with Gasteiger partial charge in [-0.1, -0.05) is 26.7 Å². The molecule has 1 aliphatic rings. The van der Waals surface area contributed by atoms with E-state index in [-0.39, 0.29) is 0 Å². The van der Waals surface area contributed by atoms with Gasteiger partial charge in [-0.3, -0.25) is 0 Å². The van der Waals surface area contributed by atoms with Gasteiger partial charge in [0.1, 0.15) is 17.5 Å². The summed E-state index contributed by atoms with van der Waals surface area (Å²) in [4.78, 5) is 11.5. The number of aryl methyl sites for hydroxylation is 1. The molecule has 5 nitrogen and oxygen atoms in total. The summed E-state index contributed by atoms with van der Waals surface area (Å²) in [5.41, 5.74) is 3.73. The van der Waals surface area contributed by atoms with Crippen LogP contribution in [0.15, 0.2) is 0 Å². The maximum atomic E-state index is 5.59. The summed E-state index contributed by atoms with van der Waals surface area (Å²) >= 11 is 0. The normalized spacial score (nSPS) is 22.6. The minimum Gasteiger partial charge on any atom is -0.356 e. The van der Waals surface area contributed by atoms with Crippen LogP contribution in [0.1, 0.15) is 50.9 Å². The summed E-state index contributed by atoms with van der Waals surface area (Å²) in [6.45, 7) is 6.45. The van der Waals surface area contributed by atoms with E-state index in [1.807, 2.05) is 6.92 Å². The molecular weight excluding hydrogens is 250 g/mol. The van der Waals surface area contributed by atoms with Crippen LogP contribution in [0.4, 0.5) is 11.6 Å². The maximum absolute atomic E-state index is 5.59. The molecule has 2 unspecified atom stereocenters. The van der Waals surface area contributed by atoms with Gasteiger partial charge in [0.15, 0.2) is 0 Å². The van der Waals surface area contributed by atoms with Crippen molar-refractivity contribution in [3.05, 3.63) is 11.4 Å². The van der Waals surface area contributed by atoms with Crippen molar-refractivity contribution in [2.24, 2.45) is 11.8 Å². The zero-order chi connectivity index (χ0) is 14.7. The number of rotatable bonds is 4. The summed E-state index contributed by atoms with van der Waals surface area (Å²) in [6, 6.07) is 0.572. The van der Waals surface area contributed by atoms with Crippen molar-refractivity contribution in [3.8, 4) is 0 Å². The SMILES string of the molecule is CCc1nc(NN)c(C)c(N(C)C2CCCC(C)C2)n1. The average molecular weight is 277 g/mol. The van der Waals surface area contributed by atoms with E-state index in [2.05, 4.69) is 36.2 Å². The van der Waals surface area contributed by atoms with Crippen molar-refractivity contribution in [3.63, 3.8) is 0 Å². The van der Waals surface area contributed by atoms with Gasteiger partial charge in [0.2, 0.25) is 0 Å². The number of nitrogens with one attached hydrogen (secondary N) is 1. The van der Waals surface area contributed by atoms with Crippen molar-refractivity contribution in [2.45, 2.75) is 58.9 Å². The predicted octanol–water partition coefficient (Wildman–Crippen LogP) is 2.65. The second-order valence-electron chi connectivity index (χ2n) is 5.97. The van der Waals surface area contributed by atoms with Gasteiger partial charge in [0.25, 0.3) is 0 Å². The quantitative estimate of drug-likeness (QED) is 0.654. The molecule has 3 N–H and O–H groups in total. The lowest BCUT2D eigenvalue weighted by molar-refractivity contribution is 0.335. The summed E-state index contributed by atoms with van der Waals surface area (Å²) < 4.78 is 0. The van der Waals surface area contributed by atoms with Gasteiger partial charge in [-0.25, -0.2) is 15.8 Å². The molecule has 0 aromatic carbocycles. The number of hydrogen-bond acceptors (Lipinski definition) is 5. The standard InChI is InChI=1S/C15H27N5/c1-5-13-17-14(19-16)11(3)15(18-13)20(4)12-8-6-7-10(2)9-12/h10,12H,5-9,16H2,1-4H3,(H,17,18,19). The molecule has 1 saturated carbocycles. The molecule has 112 valence electrons. The Labute approximate surface area is 121 Å². The van der Waals surface area contributed by atoms with Crippen LogP contribution in [0, 0.1) is 12.8 Å². The third kappa shape index (κ3) is 3.03. The first-order chi connectivity index (χ1) is 9.56. The van der Waals surface area contributed by atoms with E-state index in [0.717, 1.165) is 35.4 Å². The lowest BCUT2D eigenvalue weighted by atomic mass is 9.86. The fraction of sp³-hybridized carbons (Fsp3) is 0.733. The Morgan fingerprint density at radius 2 is 2.10 bits per heavy atom. The predicted molar refractivity (Wildman–Crippen MR) is 83.8 cm³/mol. The highest BCUT2D eigenvalue weighted by atomic mass is 15.3. The molecule has 1 fully saturated rings. The zero-order valence-corrected chi connectivity index (χ0v) is 13.1. The lowest BCUT2D eigenvalue weighted by Crippen LogP contribution is -2.37. The van der Waals surface area contributed by atoms with Gasteiger partial charge < -0.3 is 10.3 Å². The first-order valence-electron chi connectivity index (χ1n) is 7.63. The molecule has 20 heavy (non-hydrogen) atoms. The van der Waals surface area contributed by atoms with Crippen LogP contribution in [0.2, 0.25) is 0 Å². The van der Waals surface area contributed by atoms with Gasteiger partial charge in [0, 0.05) is 25.1 Å². The molecule has 2 rings (SSSR count). The number of hydrogen-bond donors (Lipinski definition) is 2. The Morgan fingerprint density at radius 1 is 1.35 bits per heavy atom. The largest absolute Gasteiger partial charge is 0.356 e. The molecule has 2 atom stereocenters. The van der Waals surface area contributed by atoms with Gasteiger partial charge >= 0.3 is 0 Å². The van der Waals surface area contributed by atoms with Crippen LogP contribution in [0.5, 0.6) is 0 Å². The molecular formula is C15H27N5. The molecule has 1 aromatic rings. The van der Waals surface area contributed by atoms with E-state index in [1.165, 1.54) is 25.7 Å². The first-order valence-corrected chi connectivity index (χ1v) is 7.63. The van der Waals surface area contributed by atoms with E-state index < -0.39 is 0 Å². The van der Waals surface area contributed by atoms with Gasteiger partial charge in [-0.15, -0.1) is 0 Å². The Hall–Kier alpha value is -1.36. The average Bonchev–Trinajstić information content (AvgIpc) is 2.47. The van der Waals surface area contributed by atoms with Crippen LogP contribution in [0.25, 0.3) is 0 Å². The molecule has 5 heteroatoms. The third-order valence-electron chi connectivity index (χ3n) is 4.41. The molecule has 0 aliphatic heterocycles. The van der Waals surface area contributed by atoms with Crippen molar-refractivity contribution in [1.82, 2.24) is 9.97 Å². The fourth-order valence-corrected chi connectivity index (χ4v) is 3.12. The number of anilines is 2. The van der Waals surface area contributed by atoms with Crippen molar-refractivity contribution in [1.29, 1.82) is 0 Å². The Balaban J connectivity index is 2.30. The number of hydrazine groups is 1. The van der Waals surface area contributed by atoms with E-state index >= 15 is 0 Å². The third-order valence-corrected chi connectivity index (χ3v) is 4.41. The maximum Gasteiger partial charge on any atom is 0.148 e. The summed E-state index contributed by atoms with van der Waals surface area (Å²) in [7, 11) is 2.15. The van der Waals surface area contributed by atoms with Crippen LogP contribution in [-0.4, -0.2) is 23.1 Å². The second-order valence-corrected chi connectivity index (χ2v) is 5.97. The van der Waals surface area contributed by atoms with Crippen molar-refractivity contribution >= 4 is 11.6 Å². The van der Waals surface area contributed by atoms with E-state index in [0.29, 0.717) is 6.04 Å². The summed E-state index contributed by atoms with van der Waals surface area (Å²) in [5.74, 6) is 8.98. The highest BCUT2D eigenvalue weighted by Crippen LogP contribution is 2.31. The van der Waals surface area contributed by atoms with Crippen LogP contribution >= 0.6 is 0 Å². The minimum atomic E-state index is 0.572. The monoisotopic (exact) mass is 277 g/mol. The molecule has 1 heterocycles. The van der Waals surface area contributed by atoms with E-state index in [9.17, 15) is 0 Å². The fourth-order valence-electron chi connectivity index (χ4n) is 3.12. The smallest absolute Gasteiger partial charge is 0.148 e. The number of aromatic nitrogens is 2. The van der Waals surface area contributed by atoms with Crippen LogP contribution in [0.3, 0.4) is 0 Å². The Kier molecular flexibility index (Phi) is 4.81. The Bertz CT molecular complexity index is 460. The highest BCUT2D eigenvalue weighted by Gasteiger charge is 2.25. The topological polar surface area (TPSA) is 67.1 Å². The molecule has 0 radical (unpaired) electrons. The lowest BCUT2D eigenvalue weighted by Gasteiger charge is -2.35. The molecule has 0 bridgehead atoms. The van der Waals surface area contributed by atoms with Crippen molar-refractivity contribution < 1.29 is 0 Å². The molecule has 0 saturated heterocycles. The molecule has 0 spiro atoms. The van der Waals surface area contributed by atoms with Crippen molar-refractivity contribution in [2.75, 3.05) is 17.4 Å². The molecule has 0 amide bonds. The number of nitrogens with zero attached hydrogens (tertiary/aromatic N) is 3. The number of nitrogen functional groups attached to an aromatic ring is 1. The van der Waals surface area contributed by atoms with E-state index in [1.54, 1.807) is 0 Å². The minimum absolute atomic E-state index is 0.572. The number of nitrogens with two attached hydrogens (primary N) is 1. The van der Waals surface area contributed by atoms with Gasteiger partial charge in [-0.05, 0) is 25.7 Å². The highest BCUT2D eigenvalue weighted by molar-refractivity contribution is 5.58. The second kappa shape index (κ2) is 6.39. The molecule has 1 aromatic heterocycles. The van der Waals surface area contributed by atoms with Gasteiger partial charge in [0.05, 0.1) is 0 Å². The van der Waals surface area contributed by atoms with Gasteiger partial charge in [-0.2, -0.15) is 0 Å². The van der Waals surface area contributed by atoms with Crippen LogP contribution in [-0.2, 0) is 6.42 Å². The first kappa shape index (κ1) is 15.0. The zero-order valence-electron chi connectivity index (χ0n) is 13.1. The van der Waals surface area contributed by atoms with E-state index in [4.69, 9.17) is 10.8 Å². The molecule has 1 aliphatic carbocycles. The van der Waals surface area contributed by atoms with Crippen LogP contribution < -0.4 is 16.2 Å².